The van der Waals surface area contributed by atoms with Gasteiger partial charge in [-0.2, -0.15) is 0 Å². The maximum atomic E-state index is 9.79. The Hall–Kier alpha value is -1.72. The van der Waals surface area contributed by atoms with E-state index in [1.165, 1.54) is 0 Å². The number of benzene rings is 1. The standard InChI is InChI=1S/C14H20N2O3/c1-9(2)16-7-11(18)8-19-14-6-10(17)5-13-12(14)3-4-15-13/h3-6,9,11,15-18H,7-8H2,1-2H3. The smallest absolute Gasteiger partial charge is 0.132 e. The Morgan fingerprint density at radius 3 is 2.89 bits per heavy atom. The number of aromatic hydroxyl groups is 1. The second-order valence-corrected chi connectivity index (χ2v) is 4.91. The number of aromatic amines is 1. The number of H-pyrrole nitrogens is 1. The van der Waals surface area contributed by atoms with Crippen molar-refractivity contribution in [1.82, 2.24) is 10.3 Å². The minimum Gasteiger partial charge on any atom is -0.508 e. The third-order valence-electron chi connectivity index (χ3n) is 2.81. The van der Waals surface area contributed by atoms with Gasteiger partial charge in [-0.1, -0.05) is 13.8 Å². The number of hydrogen-bond donors (Lipinski definition) is 4. The van der Waals surface area contributed by atoms with Gasteiger partial charge in [-0.25, -0.2) is 0 Å². The zero-order valence-electron chi connectivity index (χ0n) is 11.2. The Kier molecular flexibility index (Phi) is 4.29. The van der Waals surface area contributed by atoms with Crippen LogP contribution in [0.1, 0.15) is 13.8 Å². The minimum absolute atomic E-state index is 0.139. The normalized spacial score (nSPS) is 13.1. The van der Waals surface area contributed by atoms with E-state index in [-0.39, 0.29) is 12.4 Å². The number of aliphatic hydroxyl groups is 1. The van der Waals surface area contributed by atoms with Gasteiger partial charge in [0.25, 0.3) is 0 Å². The largest absolute Gasteiger partial charge is 0.508 e. The SMILES string of the molecule is CC(C)NCC(O)COc1cc(O)cc2[nH]ccc12. The van der Waals surface area contributed by atoms with E-state index in [9.17, 15) is 10.2 Å². The van der Waals surface area contributed by atoms with Crippen molar-refractivity contribution in [3.8, 4) is 11.5 Å². The highest BCUT2D eigenvalue weighted by Crippen LogP contribution is 2.29. The van der Waals surface area contributed by atoms with Crippen molar-refractivity contribution >= 4 is 10.9 Å². The van der Waals surface area contributed by atoms with E-state index >= 15 is 0 Å². The maximum absolute atomic E-state index is 9.79. The van der Waals surface area contributed by atoms with Crippen molar-refractivity contribution < 1.29 is 14.9 Å². The van der Waals surface area contributed by atoms with Gasteiger partial charge >= 0.3 is 0 Å². The van der Waals surface area contributed by atoms with Crippen molar-refractivity contribution in [2.75, 3.05) is 13.2 Å². The number of phenolic OH excluding ortho intramolecular Hbond substituents is 1. The van der Waals surface area contributed by atoms with Crippen molar-refractivity contribution in [2.45, 2.75) is 26.0 Å². The van der Waals surface area contributed by atoms with Crippen molar-refractivity contribution in [1.29, 1.82) is 0 Å². The van der Waals surface area contributed by atoms with Crippen LogP contribution in [-0.2, 0) is 0 Å². The monoisotopic (exact) mass is 264 g/mol. The summed E-state index contributed by atoms with van der Waals surface area (Å²) in [7, 11) is 0. The summed E-state index contributed by atoms with van der Waals surface area (Å²) in [4.78, 5) is 3.01. The summed E-state index contributed by atoms with van der Waals surface area (Å²) in [5, 5.41) is 23.4. The van der Waals surface area contributed by atoms with Crippen LogP contribution in [0, 0.1) is 0 Å². The zero-order chi connectivity index (χ0) is 13.8. The molecule has 0 bridgehead atoms. The van der Waals surface area contributed by atoms with Gasteiger partial charge in [-0.05, 0) is 6.07 Å². The molecule has 2 aromatic rings. The van der Waals surface area contributed by atoms with E-state index in [1.54, 1.807) is 18.3 Å². The number of aliphatic hydroxyl groups excluding tert-OH is 1. The summed E-state index contributed by atoms with van der Waals surface area (Å²) in [6.07, 6.45) is 1.20. The molecule has 1 unspecified atom stereocenters. The first-order valence-electron chi connectivity index (χ1n) is 6.40. The van der Waals surface area contributed by atoms with Crippen LogP contribution in [0.2, 0.25) is 0 Å². The van der Waals surface area contributed by atoms with Gasteiger partial charge in [0.1, 0.15) is 24.2 Å². The summed E-state index contributed by atoms with van der Waals surface area (Å²) >= 11 is 0. The molecule has 0 radical (unpaired) electrons. The number of nitrogens with one attached hydrogen (secondary N) is 2. The van der Waals surface area contributed by atoms with Crippen LogP contribution in [0.5, 0.6) is 11.5 Å². The highest BCUT2D eigenvalue weighted by molar-refractivity contribution is 5.87. The van der Waals surface area contributed by atoms with Crippen molar-refractivity contribution in [3.63, 3.8) is 0 Å². The fourth-order valence-electron chi connectivity index (χ4n) is 1.85. The lowest BCUT2D eigenvalue weighted by Crippen LogP contribution is -2.35. The number of ether oxygens (including phenoxy) is 1. The molecule has 1 heterocycles. The predicted octanol–water partition coefficient (Wildman–Crippen LogP) is 1.61. The second-order valence-electron chi connectivity index (χ2n) is 4.91. The molecule has 104 valence electrons. The summed E-state index contributed by atoms with van der Waals surface area (Å²) in [5.41, 5.74) is 0.810. The van der Waals surface area contributed by atoms with Crippen molar-refractivity contribution in [2.24, 2.45) is 0 Å². The zero-order valence-corrected chi connectivity index (χ0v) is 11.2. The van der Waals surface area contributed by atoms with E-state index in [1.807, 2.05) is 19.9 Å². The molecular formula is C14H20N2O3. The third kappa shape index (κ3) is 3.62. The van der Waals surface area contributed by atoms with Crippen LogP contribution >= 0.6 is 0 Å². The molecule has 5 nitrogen and oxygen atoms in total. The van der Waals surface area contributed by atoms with Gasteiger partial charge < -0.3 is 25.3 Å². The van der Waals surface area contributed by atoms with Gasteiger partial charge in [0, 0.05) is 36.3 Å². The van der Waals surface area contributed by atoms with E-state index in [2.05, 4.69) is 10.3 Å². The van der Waals surface area contributed by atoms with Crippen molar-refractivity contribution in [3.05, 3.63) is 24.4 Å². The molecule has 1 aromatic heterocycles. The number of rotatable bonds is 6. The molecular weight excluding hydrogens is 244 g/mol. The molecule has 5 heteroatoms. The average molecular weight is 264 g/mol. The summed E-state index contributed by atoms with van der Waals surface area (Å²) in [6.45, 7) is 4.70. The maximum Gasteiger partial charge on any atom is 0.132 e. The summed E-state index contributed by atoms with van der Waals surface area (Å²) in [5.74, 6) is 0.708. The first-order chi connectivity index (χ1) is 9.06. The molecule has 0 aliphatic rings. The Labute approximate surface area is 112 Å². The fraction of sp³-hybridized carbons (Fsp3) is 0.429. The topological polar surface area (TPSA) is 77.5 Å². The molecule has 0 aliphatic heterocycles. The third-order valence-corrected chi connectivity index (χ3v) is 2.81. The molecule has 0 amide bonds. The highest BCUT2D eigenvalue weighted by Gasteiger charge is 2.09. The molecule has 1 atom stereocenters. The van der Waals surface area contributed by atoms with Crippen LogP contribution < -0.4 is 10.1 Å². The Morgan fingerprint density at radius 2 is 2.16 bits per heavy atom. The molecule has 2 rings (SSSR count). The quantitative estimate of drug-likeness (QED) is 0.639. The Balaban J connectivity index is 1.99. The lowest BCUT2D eigenvalue weighted by Gasteiger charge is -2.15. The minimum atomic E-state index is -0.584. The molecule has 19 heavy (non-hydrogen) atoms. The number of fused-ring (bicyclic) bond motifs is 1. The Morgan fingerprint density at radius 1 is 1.37 bits per heavy atom. The predicted molar refractivity (Wildman–Crippen MR) is 74.6 cm³/mol. The molecule has 0 fully saturated rings. The first kappa shape index (κ1) is 13.7. The molecule has 4 N–H and O–H groups in total. The van der Waals surface area contributed by atoms with Gasteiger partial charge in [0.05, 0.1) is 5.52 Å². The number of phenols is 1. The lowest BCUT2D eigenvalue weighted by molar-refractivity contribution is 0.105. The van der Waals surface area contributed by atoms with Gasteiger partial charge in [-0.3, -0.25) is 0 Å². The summed E-state index contributed by atoms with van der Waals surface area (Å²) in [6, 6.07) is 5.40. The van der Waals surface area contributed by atoms with E-state index < -0.39 is 6.10 Å². The number of hydrogen-bond acceptors (Lipinski definition) is 4. The molecule has 0 saturated carbocycles. The molecule has 0 aliphatic carbocycles. The Bertz CT molecular complexity index is 536. The lowest BCUT2D eigenvalue weighted by atomic mass is 10.2. The first-order valence-corrected chi connectivity index (χ1v) is 6.40. The van der Waals surface area contributed by atoms with E-state index in [0.717, 1.165) is 10.9 Å². The van der Waals surface area contributed by atoms with Crippen LogP contribution in [0.25, 0.3) is 10.9 Å². The molecule has 0 spiro atoms. The molecule has 1 aromatic carbocycles. The van der Waals surface area contributed by atoms with Gasteiger partial charge in [-0.15, -0.1) is 0 Å². The van der Waals surface area contributed by atoms with Crippen LogP contribution in [0.3, 0.4) is 0 Å². The average Bonchev–Trinajstić information content (AvgIpc) is 2.81. The number of aromatic nitrogens is 1. The van der Waals surface area contributed by atoms with Crippen LogP contribution in [0.4, 0.5) is 0 Å². The van der Waals surface area contributed by atoms with Crippen LogP contribution in [-0.4, -0.2) is 40.5 Å². The van der Waals surface area contributed by atoms with Gasteiger partial charge in [0.15, 0.2) is 0 Å². The van der Waals surface area contributed by atoms with E-state index in [0.29, 0.717) is 18.3 Å². The fourth-order valence-corrected chi connectivity index (χ4v) is 1.85. The molecule has 0 saturated heterocycles. The highest BCUT2D eigenvalue weighted by atomic mass is 16.5. The summed E-state index contributed by atoms with van der Waals surface area (Å²) < 4.78 is 5.58. The van der Waals surface area contributed by atoms with Gasteiger partial charge in [0.2, 0.25) is 0 Å². The van der Waals surface area contributed by atoms with Crippen LogP contribution in [0.15, 0.2) is 24.4 Å². The second kappa shape index (κ2) is 5.95. The van der Waals surface area contributed by atoms with E-state index in [4.69, 9.17) is 4.74 Å².